The van der Waals surface area contributed by atoms with E-state index < -0.39 is 7.67 Å². The van der Waals surface area contributed by atoms with Gasteiger partial charge in [-0.15, -0.1) is 0 Å². The van der Waals surface area contributed by atoms with Gasteiger partial charge >= 0.3 is 7.67 Å². The van der Waals surface area contributed by atoms with Crippen molar-refractivity contribution in [3.05, 3.63) is 11.6 Å². The molecule has 2 fully saturated rings. The van der Waals surface area contributed by atoms with Gasteiger partial charge in [0.2, 0.25) is 0 Å². The summed E-state index contributed by atoms with van der Waals surface area (Å²) in [6.45, 7) is 10.9. The summed E-state index contributed by atoms with van der Waals surface area (Å²) in [6, 6.07) is 0. The van der Waals surface area contributed by atoms with Crippen LogP contribution in [0.25, 0.3) is 0 Å². The molecule has 0 N–H and O–H groups in total. The second-order valence-corrected chi connectivity index (χ2v) is 8.35. The maximum Gasteiger partial charge on any atom is 0.346 e. The van der Waals surface area contributed by atoms with Gasteiger partial charge in [0, 0.05) is 26.2 Å². The molecule has 0 unspecified atom stereocenters. The van der Waals surface area contributed by atoms with Crippen LogP contribution in [-0.2, 0) is 9.09 Å². The largest absolute Gasteiger partial charge is 0.346 e. The van der Waals surface area contributed by atoms with Crippen LogP contribution in [0, 0.1) is 5.92 Å². The fourth-order valence-corrected chi connectivity index (χ4v) is 4.33. The molecule has 2 aliphatic heterocycles. The van der Waals surface area contributed by atoms with Crippen LogP contribution in [0.4, 0.5) is 0 Å². The number of hydrogen-bond donors (Lipinski definition) is 0. The maximum atomic E-state index is 12.6. The predicted octanol–water partition coefficient (Wildman–Crippen LogP) is 3.51. The van der Waals surface area contributed by atoms with Crippen LogP contribution < -0.4 is 0 Å². The Hall–Kier alpha value is -0.150. The molecule has 0 aromatic carbocycles. The van der Waals surface area contributed by atoms with Gasteiger partial charge in [0.1, 0.15) is 0 Å². The van der Waals surface area contributed by atoms with E-state index in [4.69, 9.17) is 4.52 Å². The minimum absolute atomic E-state index is 0.625. The van der Waals surface area contributed by atoms with Crippen molar-refractivity contribution in [2.45, 2.75) is 40.0 Å². The third kappa shape index (κ3) is 4.71. The zero-order valence-corrected chi connectivity index (χ0v) is 13.4. The summed E-state index contributed by atoms with van der Waals surface area (Å²) in [6.07, 6.45) is 5.61. The van der Waals surface area contributed by atoms with Gasteiger partial charge in [-0.05, 0) is 39.0 Å². The monoisotopic (exact) mass is 286 g/mol. The molecular formula is C14H27N2O2P. The molecule has 2 heterocycles. The average molecular weight is 286 g/mol. The Morgan fingerprint density at radius 1 is 1.21 bits per heavy atom. The molecule has 2 rings (SSSR count). The van der Waals surface area contributed by atoms with E-state index in [0.717, 1.165) is 39.0 Å². The summed E-state index contributed by atoms with van der Waals surface area (Å²) in [7, 11) is -2.58. The van der Waals surface area contributed by atoms with Crippen LogP contribution in [0.3, 0.4) is 0 Å². The smallest absolute Gasteiger partial charge is 0.306 e. The Labute approximate surface area is 117 Å². The molecule has 0 spiro atoms. The predicted molar refractivity (Wildman–Crippen MR) is 79.2 cm³/mol. The minimum Gasteiger partial charge on any atom is -0.306 e. The highest BCUT2D eigenvalue weighted by molar-refractivity contribution is 7.54. The van der Waals surface area contributed by atoms with Crippen LogP contribution >= 0.6 is 7.67 Å². The third-order valence-corrected chi connectivity index (χ3v) is 6.39. The molecule has 0 saturated carbocycles. The zero-order valence-electron chi connectivity index (χ0n) is 12.5. The Morgan fingerprint density at radius 2 is 1.79 bits per heavy atom. The molecule has 2 saturated heterocycles. The lowest BCUT2D eigenvalue weighted by Gasteiger charge is -2.20. The van der Waals surface area contributed by atoms with E-state index in [0.29, 0.717) is 12.5 Å². The summed E-state index contributed by atoms with van der Waals surface area (Å²) in [5.74, 6) is 0.632. The number of allylic oxidation sites excluding steroid dienone is 2. The Kier molecular flexibility index (Phi) is 5.24. The molecule has 5 heteroatoms. The van der Waals surface area contributed by atoms with Crippen molar-refractivity contribution in [1.82, 2.24) is 9.34 Å². The van der Waals surface area contributed by atoms with E-state index in [1.54, 1.807) is 0 Å². The van der Waals surface area contributed by atoms with Crippen LogP contribution in [0.2, 0.25) is 0 Å². The second kappa shape index (κ2) is 6.53. The van der Waals surface area contributed by atoms with Crippen LogP contribution in [0.1, 0.15) is 40.0 Å². The third-order valence-electron chi connectivity index (χ3n) is 3.64. The minimum atomic E-state index is -2.58. The quantitative estimate of drug-likeness (QED) is 0.369. The van der Waals surface area contributed by atoms with Gasteiger partial charge in [0.25, 0.3) is 0 Å². The first-order valence-corrected chi connectivity index (χ1v) is 8.94. The number of nitrogens with zero attached hydrogens (tertiary/aromatic N) is 2. The van der Waals surface area contributed by atoms with Crippen molar-refractivity contribution in [3.63, 3.8) is 0 Å². The molecule has 4 nitrogen and oxygen atoms in total. The molecule has 0 aromatic rings. The lowest BCUT2D eigenvalue weighted by atomic mass is 10.0. The fraction of sp³-hybridized carbons (Fsp3) is 0.857. The van der Waals surface area contributed by atoms with Gasteiger partial charge in [-0.3, -0.25) is 4.57 Å². The van der Waals surface area contributed by atoms with Gasteiger partial charge in [-0.2, -0.15) is 0 Å². The average Bonchev–Trinajstić information content (AvgIpc) is 3.17. The summed E-state index contributed by atoms with van der Waals surface area (Å²) >= 11 is 0. The van der Waals surface area contributed by atoms with Crippen LogP contribution in [-0.4, -0.2) is 42.1 Å². The highest BCUT2D eigenvalue weighted by Crippen LogP contribution is 2.61. The first kappa shape index (κ1) is 15.2. The highest BCUT2D eigenvalue weighted by atomic mass is 31.2. The lowest BCUT2D eigenvalue weighted by molar-refractivity contribution is 0.248. The van der Waals surface area contributed by atoms with E-state index in [9.17, 15) is 4.57 Å². The van der Waals surface area contributed by atoms with Gasteiger partial charge in [0.15, 0.2) is 0 Å². The Morgan fingerprint density at radius 3 is 2.26 bits per heavy atom. The first-order chi connectivity index (χ1) is 9.02. The topological polar surface area (TPSA) is 32.3 Å². The molecule has 0 radical (unpaired) electrons. The molecule has 2 aliphatic rings. The maximum absolute atomic E-state index is 12.6. The van der Waals surface area contributed by atoms with E-state index in [-0.39, 0.29) is 0 Å². The van der Waals surface area contributed by atoms with Gasteiger partial charge < -0.3 is 4.52 Å². The highest BCUT2D eigenvalue weighted by Gasteiger charge is 2.49. The lowest BCUT2D eigenvalue weighted by Crippen LogP contribution is -2.10. The van der Waals surface area contributed by atoms with Gasteiger partial charge in [-0.1, -0.05) is 18.6 Å². The Bertz CT molecular complexity index is 356. The number of rotatable bonds is 9. The van der Waals surface area contributed by atoms with Gasteiger partial charge in [0.05, 0.1) is 6.61 Å². The molecule has 0 amide bonds. The summed E-state index contributed by atoms with van der Waals surface area (Å²) < 4.78 is 22.4. The van der Waals surface area contributed by atoms with Crippen molar-refractivity contribution in [2.75, 3.05) is 32.8 Å². The zero-order chi connectivity index (χ0) is 13.9. The standard InChI is InChI=1S/C14H27N2O2P/c1-13(2)5-4-6-14(3)7-12-18-19(17,15-8-9-15)16-10-11-16/h5,14H,4,6-12H2,1-3H3/t14-/m0/s1. The molecule has 0 aliphatic carbocycles. The second-order valence-electron chi connectivity index (χ2n) is 5.98. The van der Waals surface area contributed by atoms with Crippen LogP contribution in [0.5, 0.6) is 0 Å². The summed E-state index contributed by atoms with van der Waals surface area (Å²) in [5.41, 5.74) is 1.39. The Balaban J connectivity index is 1.65. The SMILES string of the molecule is CC(C)=CCC[C@H](C)CCOP(=O)(N1CC1)N1CC1. The van der Waals surface area contributed by atoms with Crippen LogP contribution in [0.15, 0.2) is 11.6 Å². The fourth-order valence-electron chi connectivity index (χ4n) is 2.11. The van der Waals surface area contributed by atoms with Crippen molar-refractivity contribution < 1.29 is 9.09 Å². The molecular weight excluding hydrogens is 259 g/mol. The summed E-state index contributed by atoms with van der Waals surface area (Å²) in [5, 5.41) is 0. The van der Waals surface area contributed by atoms with Crippen molar-refractivity contribution >= 4 is 7.67 Å². The van der Waals surface area contributed by atoms with E-state index in [2.05, 4.69) is 26.8 Å². The first-order valence-electron chi connectivity index (χ1n) is 7.41. The van der Waals surface area contributed by atoms with Crippen molar-refractivity contribution in [1.29, 1.82) is 0 Å². The van der Waals surface area contributed by atoms with E-state index >= 15 is 0 Å². The molecule has 0 aromatic heterocycles. The van der Waals surface area contributed by atoms with Crippen molar-refractivity contribution in [2.24, 2.45) is 5.92 Å². The van der Waals surface area contributed by atoms with E-state index in [1.165, 1.54) is 12.0 Å². The molecule has 1 atom stereocenters. The summed E-state index contributed by atoms with van der Waals surface area (Å²) in [4.78, 5) is 0. The number of hydrogen-bond acceptors (Lipinski definition) is 2. The molecule has 110 valence electrons. The normalized spacial score (nSPS) is 21.2. The molecule has 19 heavy (non-hydrogen) atoms. The molecule has 0 bridgehead atoms. The van der Waals surface area contributed by atoms with Gasteiger partial charge in [-0.25, -0.2) is 9.34 Å². The van der Waals surface area contributed by atoms with E-state index in [1.807, 2.05) is 9.34 Å². The van der Waals surface area contributed by atoms with Crippen molar-refractivity contribution in [3.8, 4) is 0 Å².